The van der Waals surface area contributed by atoms with Crippen molar-refractivity contribution < 1.29 is 9.53 Å². The number of hydrogen-bond donors (Lipinski definition) is 2. The number of pyridine rings is 1. The molecule has 3 rings (SSSR count). The maximum Gasteiger partial charge on any atom is 0.255 e. The molecule has 120 valence electrons. The van der Waals surface area contributed by atoms with E-state index in [1.165, 1.54) is 0 Å². The van der Waals surface area contributed by atoms with Crippen molar-refractivity contribution in [1.82, 2.24) is 4.98 Å². The highest BCUT2D eigenvalue weighted by Gasteiger charge is 2.09. The van der Waals surface area contributed by atoms with Crippen molar-refractivity contribution in [3.05, 3.63) is 77.6 Å². The van der Waals surface area contributed by atoms with Gasteiger partial charge in [-0.05, 0) is 42.5 Å². The van der Waals surface area contributed by atoms with Crippen LogP contribution in [0.5, 0.6) is 11.5 Å². The summed E-state index contributed by atoms with van der Waals surface area (Å²) in [4.78, 5) is 16.3. The zero-order valence-electron chi connectivity index (χ0n) is 12.6. The minimum absolute atomic E-state index is 0.281. The number of amides is 1. The second kappa shape index (κ2) is 7.02. The van der Waals surface area contributed by atoms with E-state index in [9.17, 15) is 4.79 Å². The van der Waals surface area contributed by atoms with Gasteiger partial charge in [0.2, 0.25) is 0 Å². The molecule has 3 aromatic rings. The van der Waals surface area contributed by atoms with Crippen molar-refractivity contribution in [1.29, 1.82) is 0 Å². The van der Waals surface area contributed by atoms with E-state index in [2.05, 4.69) is 10.3 Å². The number of nitrogens with zero attached hydrogens (tertiary/aromatic N) is 1. The highest BCUT2D eigenvalue weighted by molar-refractivity contribution is 6.31. The molecule has 0 aliphatic heterocycles. The fourth-order valence-corrected chi connectivity index (χ4v) is 2.35. The van der Waals surface area contributed by atoms with Gasteiger partial charge in [0, 0.05) is 34.2 Å². The molecule has 2 aromatic carbocycles. The Morgan fingerprint density at radius 2 is 1.96 bits per heavy atom. The molecule has 6 heteroatoms. The van der Waals surface area contributed by atoms with Crippen LogP contribution in [0.15, 0.2) is 67.0 Å². The topological polar surface area (TPSA) is 77.2 Å². The van der Waals surface area contributed by atoms with Crippen LogP contribution >= 0.6 is 11.6 Å². The molecule has 3 N–H and O–H groups in total. The van der Waals surface area contributed by atoms with E-state index in [0.717, 1.165) is 0 Å². The number of halogens is 1. The molecule has 0 spiro atoms. The molecule has 0 atom stereocenters. The highest BCUT2D eigenvalue weighted by Crippen LogP contribution is 2.28. The first-order chi connectivity index (χ1) is 11.6. The number of nitrogen functional groups attached to an aromatic ring is 1. The molecule has 0 bridgehead atoms. The van der Waals surface area contributed by atoms with Gasteiger partial charge in [-0.3, -0.25) is 9.78 Å². The van der Waals surface area contributed by atoms with E-state index < -0.39 is 0 Å². The number of carbonyl (C=O) groups is 1. The monoisotopic (exact) mass is 339 g/mol. The normalized spacial score (nSPS) is 10.2. The Hall–Kier alpha value is -3.05. The summed E-state index contributed by atoms with van der Waals surface area (Å²) in [6.45, 7) is 0. The second-order valence-corrected chi connectivity index (χ2v) is 5.48. The molecule has 24 heavy (non-hydrogen) atoms. The fourth-order valence-electron chi connectivity index (χ4n) is 2.12. The third kappa shape index (κ3) is 4.02. The van der Waals surface area contributed by atoms with Crippen molar-refractivity contribution in [2.24, 2.45) is 0 Å². The van der Waals surface area contributed by atoms with E-state index in [0.29, 0.717) is 33.5 Å². The van der Waals surface area contributed by atoms with E-state index in [-0.39, 0.29) is 5.91 Å². The molecule has 0 radical (unpaired) electrons. The van der Waals surface area contributed by atoms with Crippen LogP contribution in [0.3, 0.4) is 0 Å². The first-order valence-corrected chi connectivity index (χ1v) is 7.53. The lowest BCUT2D eigenvalue weighted by Gasteiger charge is -2.10. The summed E-state index contributed by atoms with van der Waals surface area (Å²) >= 11 is 6.10. The summed E-state index contributed by atoms with van der Waals surface area (Å²) in [5, 5.41) is 3.22. The van der Waals surface area contributed by atoms with Gasteiger partial charge in [-0.25, -0.2) is 0 Å². The highest BCUT2D eigenvalue weighted by atomic mass is 35.5. The van der Waals surface area contributed by atoms with Crippen molar-refractivity contribution in [3.8, 4) is 11.5 Å². The maximum atomic E-state index is 12.3. The predicted octanol–water partition coefficient (Wildman–Crippen LogP) is 4.36. The van der Waals surface area contributed by atoms with Crippen LogP contribution in [0.2, 0.25) is 5.02 Å². The van der Waals surface area contributed by atoms with Crippen LogP contribution < -0.4 is 15.8 Å². The average molecular weight is 340 g/mol. The average Bonchev–Trinajstić information content (AvgIpc) is 2.55. The van der Waals surface area contributed by atoms with Gasteiger partial charge in [0.15, 0.2) is 0 Å². The number of hydrogen-bond acceptors (Lipinski definition) is 4. The standard InChI is InChI=1S/C18H14ClN3O2/c19-13-8-15(22-18(23)12-3-1-4-14(20)7-12)10-17(9-13)24-16-5-2-6-21-11-16/h1-11H,20H2,(H,22,23). The molecule has 1 amide bonds. The smallest absolute Gasteiger partial charge is 0.255 e. The molecule has 0 fully saturated rings. The molecule has 0 unspecified atom stereocenters. The van der Waals surface area contributed by atoms with Gasteiger partial charge in [0.05, 0.1) is 6.20 Å². The second-order valence-electron chi connectivity index (χ2n) is 5.05. The number of carbonyl (C=O) groups excluding carboxylic acids is 1. The number of benzene rings is 2. The molecule has 0 saturated carbocycles. The van der Waals surface area contributed by atoms with E-state index in [1.807, 2.05) is 0 Å². The molecule has 0 aliphatic carbocycles. The Morgan fingerprint density at radius 3 is 2.71 bits per heavy atom. The summed E-state index contributed by atoms with van der Waals surface area (Å²) in [5.74, 6) is 0.795. The van der Waals surface area contributed by atoms with E-state index >= 15 is 0 Å². The van der Waals surface area contributed by atoms with Crippen molar-refractivity contribution in [2.45, 2.75) is 0 Å². The molecular weight excluding hydrogens is 326 g/mol. The summed E-state index contributed by atoms with van der Waals surface area (Å²) in [7, 11) is 0. The van der Waals surface area contributed by atoms with Gasteiger partial charge in [-0.2, -0.15) is 0 Å². The lowest BCUT2D eigenvalue weighted by Crippen LogP contribution is -2.12. The van der Waals surface area contributed by atoms with Crippen LogP contribution in [0, 0.1) is 0 Å². The van der Waals surface area contributed by atoms with Crippen molar-refractivity contribution in [2.75, 3.05) is 11.1 Å². The summed E-state index contributed by atoms with van der Waals surface area (Å²) in [5.41, 5.74) is 7.20. The molecule has 1 heterocycles. The number of rotatable bonds is 4. The summed E-state index contributed by atoms with van der Waals surface area (Å²) in [6.07, 6.45) is 3.24. The van der Waals surface area contributed by atoms with Gasteiger partial charge in [-0.1, -0.05) is 17.7 Å². The van der Waals surface area contributed by atoms with Gasteiger partial charge >= 0.3 is 0 Å². The minimum atomic E-state index is -0.281. The summed E-state index contributed by atoms with van der Waals surface area (Å²) in [6, 6.07) is 15.3. The third-order valence-corrected chi connectivity index (χ3v) is 3.37. The summed E-state index contributed by atoms with van der Waals surface area (Å²) < 4.78 is 5.69. The van der Waals surface area contributed by atoms with Crippen molar-refractivity contribution >= 4 is 28.9 Å². The van der Waals surface area contributed by atoms with Gasteiger partial charge in [-0.15, -0.1) is 0 Å². The number of nitrogens with two attached hydrogens (primary N) is 1. The van der Waals surface area contributed by atoms with Crippen molar-refractivity contribution in [3.63, 3.8) is 0 Å². The molecule has 0 saturated heterocycles. The fraction of sp³-hybridized carbons (Fsp3) is 0. The Labute approximate surface area is 144 Å². The van der Waals surface area contributed by atoms with Crippen LogP contribution in [0.4, 0.5) is 11.4 Å². The Morgan fingerprint density at radius 1 is 1.08 bits per heavy atom. The third-order valence-electron chi connectivity index (χ3n) is 3.15. The zero-order chi connectivity index (χ0) is 16.9. The first-order valence-electron chi connectivity index (χ1n) is 7.15. The van der Waals surface area contributed by atoms with E-state index in [4.69, 9.17) is 22.1 Å². The van der Waals surface area contributed by atoms with Gasteiger partial charge < -0.3 is 15.8 Å². The molecule has 1 aromatic heterocycles. The van der Waals surface area contributed by atoms with Crippen LogP contribution in [-0.2, 0) is 0 Å². The quantitative estimate of drug-likeness (QED) is 0.692. The van der Waals surface area contributed by atoms with Gasteiger partial charge in [0.25, 0.3) is 5.91 Å². The molecular formula is C18H14ClN3O2. The Balaban J connectivity index is 1.80. The van der Waals surface area contributed by atoms with Gasteiger partial charge in [0.1, 0.15) is 11.5 Å². The van der Waals surface area contributed by atoms with E-state index in [1.54, 1.807) is 67.0 Å². The first kappa shape index (κ1) is 15.8. The SMILES string of the molecule is Nc1cccc(C(=O)Nc2cc(Cl)cc(Oc3cccnc3)c2)c1. The zero-order valence-corrected chi connectivity index (χ0v) is 13.3. The Kier molecular flexibility index (Phi) is 4.63. The number of nitrogens with one attached hydrogen (secondary N) is 1. The lowest BCUT2D eigenvalue weighted by atomic mass is 10.2. The lowest BCUT2D eigenvalue weighted by molar-refractivity contribution is 0.102. The molecule has 0 aliphatic rings. The number of anilines is 2. The maximum absolute atomic E-state index is 12.3. The largest absolute Gasteiger partial charge is 0.456 e. The van der Waals surface area contributed by atoms with Crippen LogP contribution in [0.1, 0.15) is 10.4 Å². The predicted molar refractivity (Wildman–Crippen MR) is 94.6 cm³/mol. The van der Waals surface area contributed by atoms with Crippen LogP contribution in [-0.4, -0.2) is 10.9 Å². The number of ether oxygens (including phenoxy) is 1. The minimum Gasteiger partial charge on any atom is -0.456 e. The Bertz CT molecular complexity index is 869. The molecule has 5 nitrogen and oxygen atoms in total. The number of aromatic nitrogens is 1. The van der Waals surface area contributed by atoms with Crippen LogP contribution in [0.25, 0.3) is 0 Å².